The van der Waals surface area contributed by atoms with Crippen LogP contribution in [0.2, 0.25) is 0 Å². The summed E-state index contributed by atoms with van der Waals surface area (Å²) in [4.78, 5) is 4.42. The number of hydrogen-bond acceptors (Lipinski definition) is 2. The first kappa shape index (κ1) is 12.1. The monoisotopic (exact) mass is 251 g/mol. The van der Waals surface area contributed by atoms with Crippen molar-refractivity contribution in [2.75, 3.05) is 7.11 Å². The molecular weight excluding hydrogens is 234 g/mol. The Morgan fingerprint density at radius 2 is 1.84 bits per heavy atom. The second-order valence-corrected chi connectivity index (χ2v) is 4.82. The summed E-state index contributed by atoms with van der Waals surface area (Å²) in [5, 5.41) is 0. The summed E-state index contributed by atoms with van der Waals surface area (Å²) in [6.45, 7) is 0.666. The molecule has 0 amide bonds. The van der Waals surface area contributed by atoms with Gasteiger partial charge >= 0.3 is 0 Å². The van der Waals surface area contributed by atoms with Gasteiger partial charge in [-0.1, -0.05) is 30.3 Å². The summed E-state index contributed by atoms with van der Waals surface area (Å²) in [5.41, 5.74) is 6.18. The average Bonchev–Trinajstić information content (AvgIpc) is 2.48. The molecule has 1 aliphatic rings. The molecule has 1 aliphatic heterocycles. The molecule has 2 heteroatoms. The van der Waals surface area contributed by atoms with Crippen molar-refractivity contribution in [3.05, 3.63) is 53.6 Å². The van der Waals surface area contributed by atoms with Crippen LogP contribution in [0.3, 0.4) is 0 Å². The first-order chi connectivity index (χ1) is 9.36. The van der Waals surface area contributed by atoms with Crippen molar-refractivity contribution >= 4 is 11.9 Å². The number of rotatable bonds is 3. The molecule has 0 radical (unpaired) electrons. The molecule has 2 nitrogen and oxygen atoms in total. The topological polar surface area (TPSA) is 21.6 Å². The van der Waals surface area contributed by atoms with Crippen molar-refractivity contribution in [1.29, 1.82) is 0 Å². The highest BCUT2D eigenvalue weighted by atomic mass is 16.5. The van der Waals surface area contributed by atoms with Crippen molar-refractivity contribution in [1.82, 2.24) is 0 Å². The summed E-state index contributed by atoms with van der Waals surface area (Å²) >= 11 is 0. The van der Waals surface area contributed by atoms with Crippen molar-refractivity contribution in [2.24, 2.45) is 4.99 Å². The Hall–Kier alpha value is -1.93. The van der Waals surface area contributed by atoms with Crippen molar-refractivity contribution in [2.45, 2.75) is 19.4 Å². The van der Waals surface area contributed by atoms with Gasteiger partial charge in [0.25, 0.3) is 0 Å². The van der Waals surface area contributed by atoms with Crippen LogP contribution in [-0.2, 0) is 17.8 Å². The number of benzene rings is 2. The number of hydrogen-bond donors (Lipinski definition) is 0. The smallest absolute Gasteiger partial charge is 0.0713 e. The van der Waals surface area contributed by atoms with Gasteiger partial charge in [0, 0.05) is 13.3 Å². The molecule has 0 N–H and O–H groups in total. The molecule has 0 saturated carbocycles. The SMILES string of the molecule is COCc1ccc(-c2ccc3c(c2)CCC=N3)cc1. The van der Waals surface area contributed by atoms with E-state index in [-0.39, 0.29) is 0 Å². The first-order valence-corrected chi connectivity index (χ1v) is 6.60. The lowest BCUT2D eigenvalue weighted by Gasteiger charge is -2.12. The zero-order valence-electron chi connectivity index (χ0n) is 11.1. The Labute approximate surface area is 113 Å². The van der Waals surface area contributed by atoms with Crippen LogP contribution in [0.5, 0.6) is 0 Å². The van der Waals surface area contributed by atoms with E-state index in [1.807, 2.05) is 6.21 Å². The fraction of sp³-hybridized carbons (Fsp3) is 0.235. The van der Waals surface area contributed by atoms with E-state index >= 15 is 0 Å². The van der Waals surface area contributed by atoms with Crippen LogP contribution in [0.15, 0.2) is 47.5 Å². The van der Waals surface area contributed by atoms with Gasteiger partial charge in [0.1, 0.15) is 0 Å². The molecule has 0 atom stereocenters. The Morgan fingerprint density at radius 3 is 2.63 bits per heavy atom. The van der Waals surface area contributed by atoms with E-state index < -0.39 is 0 Å². The quantitative estimate of drug-likeness (QED) is 0.803. The normalized spacial score (nSPS) is 13.3. The minimum atomic E-state index is 0.666. The van der Waals surface area contributed by atoms with Gasteiger partial charge in [0.2, 0.25) is 0 Å². The summed E-state index contributed by atoms with van der Waals surface area (Å²) < 4.78 is 5.13. The molecule has 2 aromatic rings. The molecule has 2 aromatic carbocycles. The predicted molar refractivity (Wildman–Crippen MR) is 79.1 cm³/mol. The van der Waals surface area contributed by atoms with E-state index in [1.165, 1.54) is 22.3 Å². The summed E-state index contributed by atoms with van der Waals surface area (Å²) in [6.07, 6.45) is 4.14. The van der Waals surface area contributed by atoms with Crippen molar-refractivity contribution in [3.63, 3.8) is 0 Å². The van der Waals surface area contributed by atoms with Crippen LogP contribution < -0.4 is 0 Å². The number of fused-ring (bicyclic) bond motifs is 1. The van der Waals surface area contributed by atoms with E-state index in [0.717, 1.165) is 18.5 Å². The second kappa shape index (κ2) is 5.37. The molecule has 0 fully saturated rings. The minimum absolute atomic E-state index is 0.666. The largest absolute Gasteiger partial charge is 0.380 e. The van der Waals surface area contributed by atoms with Crippen LogP contribution in [0.4, 0.5) is 5.69 Å². The third kappa shape index (κ3) is 2.59. The number of aliphatic imine (C=N–C) groups is 1. The van der Waals surface area contributed by atoms with Gasteiger partial charge < -0.3 is 4.74 Å². The molecule has 0 aliphatic carbocycles. The van der Waals surface area contributed by atoms with E-state index in [1.54, 1.807) is 7.11 Å². The molecular formula is C17H17NO. The van der Waals surface area contributed by atoms with Crippen LogP contribution in [0, 0.1) is 0 Å². The summed E-state index contributed by atoms with van der Waals surface area (Å²) in [7, 11) is 1.72. The molecule has 0 aromatic heterocycles. The van der Waals surface area contributed by atoms with Crippen molar-refractivity contribution in [3.8, 4) is 11.1 Å². The average molecular weight is 251 g/mol. The summed E-state index contributed by atoms with van der Waals surface area (Å²) in [5.74, 6) is 0. The molecule has 96 valence electrons. The molecule has 0 spiro atoms. The van der Waals surface area contributed by atoms with E-state index in [9.17, 15) is 0 Å². The maximum absolute atomic E-state index is 5.13. The zero-order valence-corrected chi connectivity index (χ0v) is 11.1. The Balaban J connectivity index is 1.91. The fourth-order valence-electron chi connectivity index (χ4n) is 2.43. The van der Waals surface area contributed by atoms with Gasteiger partial charge in [-0.25, -0.2) is 0 Å². The van der Waals surface area contributed by atoms with Gasteiger partial charge in [-0.05, 0) is 47.2 Å². The number of ether oxygens (including phenoxy) is 1. The highest BCUT2D eigenvalue weighted by Crippen LogP contribution is 2.29. The van der Waals surface area contributed by atoms with Crippen LogP contribution in [-0.4, -0.2) is 13.3 Å². The molecule has 0 unspecified atom stereocenters. The standard InChI is InChI=1S/C17H17NO/c1-19-12-13-4-6-14(7-5-13)15-8-9-17-16(11-15)3-2-10-18-17/h4-11H,2-3,12H2,1H3. The van der Waals surface area contributed by atoms with Crippen molar-refractivity contribution < 1.29 is 4.74 Å². The van der Waals surface area contributed by atoms with E-state index in [2.05, 4.69) is 47.5 Å². The maximum atomic E-state index is 5.13. The van der Waals surface area contributed by atoms with Gasteiger partial charge in [-0.15, -0.1) is 0 Å². The fourth-order valence-corrected chi connectivity index (χ4v) is 2.43. The molecule has 0 bridgehead atoms. The number of methoxy groups -OCH3 is 1. The molecule has 0 saturated heterocycles. The second-order valence-electron chi connectivity index (χ2n) is 4.82. The lowest BCUT2D eigenvalue weighted by Crippen LogP contribution is -1.94. The third-order valence-corrected chi connectivity index (χ3v) is 3.45. The Morgan fingerprint density at radius 1 is 1.05 bits per heavy atom. The van der Waals surface area contributed by atoms with Crippen LogP contribution >= 0.6 is 0 Å². The highest BCUT2D eigenvalue weighted by Gasteiger charge is 2.07. The first-order valence-electron chi connectivity index (χ1n) is 6.60. The van der Waals surface area contributed by atoms with E-state index in [0.29, 0.717) is 6.61 Å². The number of aryl methyl sites for hydroxylation is 1. The Kier molecular flexibility index (Phi) is 3.43. The molecule has 1 heterocycles. The minimum Gasteiger partial charge on any atom is -0.380 e. The Bertz CT molecular complexity index is 599. The molecule has 3 rings (SSSR count). The number of nitrogens with zero attached hydrogens (tertiary/aromatic N) is 1. The lowest BCUT2D eigenvalue weighted by molar-refractivity contribution is 0.185. The molecule has 19 heavy (non-hydrogen) atoms. The lowest BCUT2D eigenvalue weighted by atomic mass is 9.98. The van der Waals surface area contributed by atoms with E-state index in [4.69, 9.17) is 4.74 Å². The third-order valence-electron chi connectivity index (χ3n) is 3.45. The highest BCUT2D eigenvalue weighted by molar-refractivity contribution is 5.73. The predicted octanol–water partition coefficient (Wildman–Crippen LogP) is 4.15. The van der Waals surface area contributed by atoms with Crippen LogP contribution in [0.1, 0.15) is 17.5 Å². The van der Waals surface area contributed by atoms with Crippen LogP contribution in [0.25, 0.3) is 11.1 Å². The van der Waals surface area contributed by atoms with Gasteiger partial charge in [-0.3, -0.25) is 4.99 Å². The van der Waals surface area contributed by atoms with Gasteiger partial charge in [0.05, 0.1) is 12.3 Å². The summed E-state index contributed by atoms with van der Waals surface area (Å²) in [6, 6.07) is 15.1. The maximum Gasteiger partial charge on any atom is 0.0713 e. The zero-order chi connectivity index (χ0) is 13.1. The van der Waals surface area contributed by atoms with Gasteiger partial charge in [-0.2, -0.15) is 0 Å². The van der Waals surface area contributed by atoms with Gasteiger partial charge in [0.15, 0.2) is 0 Å².